The van der Waals surface area contributed by atoms with Gasteiger partial charge in [-0.2, -0.15) is 12.1 Å². The molecule has 3 heterocycles. The summed E-state index contributed by atoms with van der Waals surface area (Å²) >= 11 is 0. The van der Waals surface area contributed by atoms with Gasteiger partial charge in [-0.3, -0.25) is 0 Å². The zero-order valence-corrected chi connectivity index (χ0v) is 44.2. The Labute approximate surface area is 449 Å². The third-order valence-electron chi connectivity index (χ3n) is 13.2. The second-order valence-corrected chi connectivity index (χ2v) is 21.3. The van der Waals surface area contributed by atoms with Gasteiger partial charge in [0.25, 0.3) is 0 Å². The normalized spacial score (nSPS) is 14.2. The summed E-state index contributed by atoms with van der Waals surface area (Å²) in [4.78, 5) is 9.04. The molecule has 0 unspecified atom stereocenters. The van der Waals surface area contributed by atoms with Gasteiger partial charge in [0.05, 0.1) is 9.60 Å². The van der Waals surface area contributed by atoms with Crippen molar-refractivity contribution in [1.82, 2.24) is 9.55 Å². The fraction of sp³-hybridized carbons (Fsp3) is 0.182. The van der Waals surface area contributed by atoms with Gasteiger partial charge in [-0.05, 0) is 90.9 Å². The molecule has 8 aromatic carbocycles. The summed E-state index contributed by atoms with van der Waals surface area (Å²) in [5.41, 5.74) is 10.3. The van der Waals surface area contributed by atoms with Gasteiger partial charge in [0, 0.05) is 72.5 Å². The molecule has 2 aromatic heterocycles. The Balaban J connectivity index is 0.00000704. The number of fused-ring (bicyclic) bond motifs is 4. The van der Waals surface area contributed by atoms with Crippen LogP contribution < -0.4 is 14.5 Å². The van der Waals surface area contributed by atoms with Crippen molar-refractivity contribution in [2.75, 3.05) is 9.80 Å². The van der Waals surface area contributed by atoms with Crippen LogP contribution in [0, 0.1) is 18.8 Å². The minimum atomic E-state index is -0.444. The van der Waals surface area contributed by atoms with E-state index in [2.05, 4.69) is 131 Å². The molecular formula is C66H59N4OPt-3. The first-order valence-corrected chi connectivity index (χ1v) is 24.1. The van der Waals surface area contributed by atoms with E-state index < -0.39 is 29.0 Å². The molecule has 0 aliphatic carbocycles. The van der Waals surface area contributed by atoms with Gasteiger partial charge in [-0.15, -0.1) is 48.1 Å². The summed E-state index contributed by atoms with van der Waals surface area (Å²) in [5.74, 6) is 1.79. The summed E-state index contributed by atoms with van der Waals surface area (Å²) in [6.45, 7) is 21.2. The smallest absolute Gasteiger partial charge is 0.135 e. The molecule has 11 rings (SSSR count). The number of ether oxygens (including phenoxy) is 1. The van der Waals surface area contributed by atoms with E-state index in [0.29, 0.717) is 33.9 Å². The molecule has 0 spiro atoms. The molecule has 5 nitrogen and oxygen atoms in total. The van der Waals surface area contributed by atoms with Crippen molar-refractivity contribution in [3.05, 3.63) is 224 Å². The molecule has 0 radical (unpaired) electrons. The summed E-state index contributed by atoms with van der Waals surface area (Å²) in [5, 5.41) is 2.12. The predicted molar refractivity (Wildman–Crippen MR) is 297 cm³/mol. The maximum absolute atomic E-state index is 9.97. The predicted octanol–water partition coefficient (Wildman–Crippen LogP) is 17.9. The largest absolute Gasteiger partial charge is 0.509 e. The number of pyridine rings is 1. The van der Waals surface area contributed by atoms with Crippen molar-refractivity contribution in [3.8, 4) is 50.7 Å². The Bertz CT molecular complexity index is 3970. The average Bonchev–Trinajstić information content (AvgIpc) is 4.00. The summed E-state index contributed by atoms with van der Waals surface area (Å²) in [6.07, 6.45) is 1.87. The first-order valence-electron chi connectivity index (χ1n) is 27.6. The van der Waals surface area contributed by atoms with E-state index in [4.69, 9.17) is 16.6 Å². The van der Waals surface area contributed by atoms with Crippen LogP contribution in [-0.2, 0) is 37.3 Å². The van der Waals surface area contributed by atoms with E-state index >= 15 is 0 Å². The molecule has 0 bridgehead atoms. The molecule has 1 aliphatic heterocycles. The molecule has 362 valence electrons. The van der Waals surface area contributed by atoms with Gasteiger partial charge >= 0.3 is 0 Å². The van der Waals surface area contributed by atoms with Crippen molar-refractivity contribution in [3.63, 3.8) is 0 Å². The fourth-order valence-corrected chi connectivity index (χ4v) is 9.32. The number of hydrogen-bond donors (Lipinski definition) is 0. The Morgan fingerprint density at radius 2 is 1.14 bits per heavy atom. The molecular weight excluding hydrogens is 1060 g/mol. The first kappa shape index (κ1) is 40.4. The van der Waals surface area contributed by atoms with Crippen LogP contribution >= 0.6 is 0 Å². The maximum atomic E-state index is 9.97. The Hall–Kier alpha value is -7.20. The van der Waals surface area contributed by atoms with Crippen LogP contribution in [0.1, 0.15) is 88.6 Å². The third-order valence-corrected chi connectivity index (χ3v) is 13.2. The van der Waals surface area contributed by atoms with Crippen LogP contribution in [0.4, 0.5) is 22.7 Å². The van der Waals surface area contributed by atoms with Crippen LogP contribution in [0.5, 0.6) is 11.5 Å². The number of benzene rings is 8. The van der Waals surface area contributed by atoms with Gasteiger partial charge in [0.15, 0.2) is 0 Å². The van der Waals surface area contributed by atoms with Crippen LogP contribution in [0.2, 0.25) is 0 Å². The fourth-order valence-electron chi connectivity index (χ4n) is 9.32. The molecule has 0 saturated carbocycles. The van der Waals surface area contributed by atoms with Crippen LogP contribution in [-0.4, -0.2) is 9.55 Å². The van der Waals surface area contributed by atoms with Crippen LogP contribution in [0.3, 0.4) is 0 Å². The number of rotatable bonds is 8. The van der Waals surface area contributed by atoms with E-state index in [1.807, 2.05) is 97.8 Å². The summed E-state index contributed by atoms with van der Waals surface area (Å²) in [7, 11) is 0. The van der Waals surface area contributed by atoms with Gasteiger partial charge in [0.1, 0.15) is 5.82 Å². The molecule has 1 aliphatic rings. The van der Waals surface area contributed by atoms with Crippen LogP contribution in [0.15, 0.2) is 188 Å². The van der Waals surface area contributed by atoms with Crippen molar-refractivity contribution >= 4 is 44.6 Å². The first-order chi connectivity index (χ1) is 37.0. The van der Waals surface area contributed by atoms with Gasteiger partial charge in [0.2, 0.25) is 0 Å². The third kappa shape index (κ3) is 9.16. The Morgan fingerprint density at radius 1 is 0.528 bits per heavy atom. The molecule has 0 fully saturated rings. The number of anilines is 4. The molecule has 6 heteroatoms. The quantitative estimate of drug-likeness (QED) is 0.142. The van der Waals surface area contributed by atoms with E-state index in [1.54, 1.807) is 12.1 Å². The minimum absolute atomic E-state index is 0. The molecule has 0 saturated heterocycles. The molecule has 0 N–H and O–H groups in total. The van der Waals surface area contributed by atoms with Gasteiger partial charge < -0.3 is 19.1 Å². The average molecular weight is 1130 g/mol. The van der Waals surface area contributed by atoms with E-state index in [-0.39, 0.29) is 56.2 Å². The standard InChI is InChI=1S/C66H59N4O.Pt/c1-64(2,3)48-35-36-67-62(40-48)70-58-26-14-13-23-56(58)57-34-33-53(42-61(57)70)71-52-22-17-21-51(41-52)68-43-69(60-28-16-15-27-59(60)68)63-54(46-31-29-45(30-32-46)44-19-11-10-12-20-44)24-18-25-55(63)47-37-49(65(4,5)6)39-50(38-47)66(7,8)9;/h10-40,43H,1-9H3;/q-3;/i10D,11D,12D,19D,20D,37D,38D;. The number of hydrogen-bond acceptors (Lipinski definition) is 4. The van der Waals surface area contributed by atoms with E-state index in [1.165, 1.54) is 5.56 Å². The van der Waals surface area contributed by atoms with Crippen molar-refractivity contribution in [2.24, 2.45) is 0 Å². The second-order valence-electron chi connectivity index (χ2n) is 21.3. The Kier molecular flexibility index (Phi) is 10.5. The second kappa shape index (κ2) is 18.8. The SMILES string of the molecule is [2H]c1c([2H])c([2H])c(-c2ccc(-c3cccc(-c4c([2H])c(C(C)(C)C)cc(C(C)(C)C)c4[2H])c3N3[CH-]N(c4[c-]c(Oc5[c-]c6c(cc5)c5ccccc5n6-c5cc(C(C)(C)C)ccn5)ccc4)c4ccccc43)cc2)c([2H])c1[2H].[Pt]. The molecule has 72 heavy (non-hydrogen) atoms. The van der Waals surface area contributed by atoms with Crippen LogP contribution in [0.25, 0.3) is 61.0 Å². The minimum Gasteiger partial charge on any atom is -0.509 e. The number of para-hydroxylation sites is 4. The topological polar surface area (TPSA) is 33.5 Å². The van der Waals surface area contributed by atoms with Gasteiger partial charge in [-0.25, -0.2) is 4.98 Å². The summed E-state index contributed by atoms with van der Waals surface area (Å²) in [6, 6.07) is 51.8. The van der Waals surface area contributed by atoms with E-state index in [0.717, 1.165) is 66.9 Å². The van der Waals surface area contributed by atoms with E-state index in [9.17, 15) is 2.74 Å². The molecule has 0 amide bonds. The molecule has 10 aromatic rings. The number of nitrogens with zero attached hydrogens (tertiary/aromatic N) is 4. The monoisotopic (exact) mass is 1130 g/mol. The zero-order valence-electron chi connectivity index (χ0n) is 48.9. The Morgan fingerprint density at radius 3 is 1.83 bits per heavy atom. The van der Waals surface area contributed by atoms with Gasteiger partial charge in [-0.1, -0.05) is 189 Å². The summed E-state index contributed by atoms with van der Waals surface area (Å²) < 4.78 is 71.1. The maximum Gasteiger partial charge on any atom is 0.135 e. The zero-order chi connectivity index (χ0) is 55.3. The van der Waals surface area contributed by atoms with Crippen molar-refractivity contribution < 1.29 is 35.4 Å². The van der Waals surface area contributed by atoms with Crippen molar-refractivity contribution in [1.29, 1.82) is 0 Å². The molecule has 0 atom stereocenters. The van der Waals surface area contributed by atoms with Crippen molar-refractivity contribution in [2.45, 2.75) is 78.6 Å². The number of aromatic nitrogens is 2.